The maximum absolute atomic E-state index is 13.1. The summed E-state index contributed by atoms with van der Waals surface area (Å²) in [7, 11) is 1.93. The molecule has 4 aromatic rings. The molecule has 0 atom stereocenters. The normalized spacial score (nSPS) is 11.1. The van der Waals surface area contributed by atoms with Gasteiger partial charge in [-0.25, -0.2) is 4.79 Å². The molecule has 4 rings (SSSR count). The van der Waals surface area contributed by atoms with Gasteiger partial charge in [0.2, 0.25) is 11.2 Å². The molecule has 3 aromatic carbocycles. The third-order valence-corrected chi connectivity index (χ3v) is 5.47. The Morgan fingerprint density at radius 1 is 1.00 bits per heavy atom. The molecule has 0 aliphatic rings. The molecule has 180 valence electrons. The fourth-order valence-electron chi connectivity index (χ4n) is 3.74. The smallest absolute Gasteiger partial charge is 0.338 e. The summed E-state index contributed by atoms with van der Waals surface area (Å²) in [6.45, 7) is 3.34. The summed E-state index contributed by atoms with van der Waals surface area (Å²) >= 11 is 0. The summed E-state index contributed by atoms with van der Waals surface area (Å²) < 4.78 is 16.6. The molecule has 0 bridgehead atoms. The Hall–Kier alpha value is -4.10. The Balaban J connectivity index is 1.55. The zero-order valence-electron chi connectivity index (χ0n) is 19.7. The van der Waals surface area contributed by atoms with Gasteiger partial charge in [-0.1, -0.05) is 37.3 Å². The van der Waals surface area contributed by atoms with Gasteiger partial charge in [-0.05, 0) is 55.4 Å². The monoisotopic (exact) mass is 473 g/mol. The summed E-state index contributed by atoms with van der Waals surface area (Å²) in [6.07, 6.45) is 1.99. The van der Waals surface area contributed by atoms with Crippen LogP contribution in [0.3, 0.4) is 0 Å². The van der Waals surface area contributed by atoms with E-state index in [-0.39, 0.29) is 16.9 Å². The van der Waals surface area contributed by atoms with Crippen LogP contribution in [0.1, 0.15) is 34.8 Å². The summed E-state index contributed by atoms with van der Waals surface area (Å²) in [6, 6.07) is 19.3. The molecule has 0 amide bonds. The Bertz CT molecular complexity index is 1360. The second-order valence-electron chi connectivity index (χ2n) is 8.29. The average molecular weight is 474 g/mol. The summed E-state index contributed by atoms with van der Waals surface area (Å²) in [4.78, 5) is 27.1. The predicted molar refractivity (Wildman–Crippen MR) is 133 cm³/mol. The van der Waals surface area contributed by atoms with Crippen LogP contribution in [0.25, 0.3) is 11.0 Å². The minimum atomic E-state index is -0.409. The fourth-order valence-corrected chi connectivity index (χ4v) is 3.74. The van der Waals surface area contributed by atoms with E-state index in [2.05, 4.69) is 0 Å². The van der Waals surface area contributed by atoms with Crippen molar-refractivity contribution < 1.29 is 23.8 Å². The van der Waals surface area contributed by atoms with E-state index in [0.717, 1.165) is 12.0 Å². The number of esters is 1. The van der Waals surface area contributed by atoms with E-state index in [9.17, 15) is 14.7 Å². The molecule has 0 saturated heterocycles. The molecule has 0 aliphatic heterocycles. The van der Waals surface area contributed by atoms with E-state index in [1.165, 1.54) is 18.4 Å². The van der Waals surface area contributed by atoms with Crippen LogP contribution in [-0.2, 0) is 17.8 Å². The first kappa shape index (κ1) is 24.0. The maximum Gasteiger partial charge on any atom is 0.338 e. The van der Waals surface area contributed by atoms with Gasteiger partial charge in [-0.2, -0.15) is 0 Å². The van der Waals surface area contributed by atoms with Crippen molar-refractivity contribution in [3.63, 3.8) is 0 Å². The van der Waals surface area contributed by atoms with Gasteiger partial charge in [-0.15, -0.1) is 0 Å². The molecule has 1 N–H and O–H groups in total. The number of fused-ring (bicyclic) bond motifs is 1. The van der Waals surface area contributed by atoms with Crippen molar-refractivity contribution in [2.45, 2.75) is 26.4 Å². The number of rotatable bonds is 9. The number of ether oxygens (including phenoxy) is 2. The van der Waals surface area contributed by atoms with Crippen molar-refractivity contribution in [2.24, 2.45) is 0 Å². The van der Waals surface area contributed by atoms with Crippen LogP contribution >= 0.6 is 0 Å². The van der Waals surface area contributed by atoms with Crippen LogP contribution in [0.15, 0.2) is 82.2 Å². The van der Waals surface area contributed by atoms with Crippen molar-refractivity contribution in [1.82, 2.24) is 4.90 Å². The first-order valence-corrected chi connectivity index (χ1v) is 11.4. The lowest BCUT2D eigenvalue weighted by molar-refractivity contribution is 0.0505. The van der Waals surface area contributed by atoms with Gasteiger partial charge < -0.3 is 19.0 Å². The van der Waals surface area contributed by atoms with Crippen LogP contribution in [0.4, 0.5) is 0 Å². The van der Waals surface area contributed by atoms with Gasteiger partial charge in [0.1, 0.15) is 23.3 Å². The molecule has 35 heavy (non-hydrogen) atoms. The first-order valence-electron chi connectivity index (χ1n) is 11.4. The summed E-state index contributed by atoms with van der Waals surface area (Å²) in [5.41, 5.74) is 2.02. The number of phenolic OH excluding ortho intramolecular Hbond substituents is 1. The molecule has 0 saturated carbocycles. The number of benzene rings is 3. The quantitative estimate of drug-likeness (QED) is 0.322. The largest absolute Gasteiger partial charge is 0.507 e. The van der Waals surface area contributed by atoms with E-state index < -0.39 is 5.97 Å². The van der Waals surface area contributed by atoms with Crippen LogP contribution in [0.2, 0.25) is 0 Å². The van der Waals surface area contributed by atoms with Crippen molar-refractivity contribution in [1.29, 1.82) is 0 Å². The molecule has 1 heterocycles. The van der Waals surface area contributed by atoms with Crippen molar-refractivity contribution in [3.8, 4) is 17.2 Å². The van der Waals surface area contributed by atoms with E-state index in [1.54, 1.807) is 24.3 Å². The fraction of sp³-hybridized carbons (Fsp3) is 0.214. The van der Waals surface area contributed by atoms with Crippen molar-refractivity contribution in [2.75, 3.05) is 13.7 Å². The van der Waals surface area contributed by atoms with Crippen LogP contribution in [-0.4, -0.2) is 29.6 Å². The SMILES string of the molecule is CCCOC(=O)c1ccc(Oc2coc3c(CN(C)Cc4ccccc4)c(O)ccc3c2=O)cc1. The summed E-state index contributed by atoms with van der Waals surface area (Å²) in [5, 5.41) is 10.8. The second-order valence-corrected chi connectivity index (χ2v) is 8.29. The Morgan fingerprint density at radius 2 is 1.74 bits per heavy atom. The van der Waals surface area contributed by atoms with E-state index in [4.69, 9.17) is 13.9 Å². The van der Waals surface area contributed by atoms with Gasteiger partial charge in [0.25, 0.3) is 0 Å². The maximum atomic E-state index is 13.1. The van der Waals surface area contributed by atoms with E-state index in [0.29, 0.717) is 47.5 Å². The summed E-state index contributed by atoms with van der Waals surface area (Å²) in [5.74, 6) is 0.0337. The molecule has 0 fully saturated rings. The Morgan fingerprint density at radius 3 is 2.46 bits per heavy atom. The third-order valence-electron chi connectivity index (χ3n) is 5.47. The van der Waals surface area contributed by atoms with Gasteiger partial charge in [-0.3, -0.25) is 9.69 Å². The molecule has 0 aliphatic carbocycles. The number of phenols is 1. The number of carbonyl (C=O) groups is 1. The zero-order valence-corrected chi connectivity index (χ0v) is 19.7. The van der Waals surface area contributed by atoms with Gasteiger partial charge in [0, 0.05) is 13.1 Å². The third kappa shape index (κ3) is 5.70. The molecule has 0 unspecified atom stereocenters. The number of aromatic hydroxyl groups is 1. The van der Waals surface area contributed by atoms with Crippen LogP contribution in [0.5, 0.6) is 17.2 Å². The van der Waals surface area contributed by atoms with E-state index >= 15 is 0 Å². The van der Waals surface area contributed by atoms with Gasteiger partial charge in [0.05, 0.1) is 23.1 Å². The minimum Gasteiger partial charge on any atom is -0.507 e. The van der Waals surface area contributed by atoms with Gasteiger partial charge in [0.15, 0.2) is 0 Å². The lowest BCUT2D eigenvalue weighted by Gasteiger charge is -2.18. The molecule has 0 radical (unpaired) electrons. The van der Waals surface area contributed by atoms with Crippen molar-refractivity contribution >= 4 is 16.9 Å². The first-order chi connectivity index (χ1) is 17.0. The average Bonchev–Trinajstić information content (AvgIpc) is 2.87. The highest BCUT2D eigenvalue weighted by Crippen LogP contribution is 2.29. The molecule has 7 heteroatoms. The number of nitrogens with zero attached hydrogens (tertiary/aromatic N) is 1. The van der Waals surface area contributed by atoms with Crippen molar-refractivity contribution in [3.05, 3.63) is 99.9 Å². The highest BCUT2D eigenvalue weighted by atomic mass is 16.5. The molecule has 1 aromatic heterocycles. The Kier molecular flexibility index (Phi) is 7.48. The zero-order chi connectivity index (χ0) is 24.8. The lowest BCUT2D eigenvalue weighted by Crippen LogP contribution is -2.18. The predicted octanol–water partition coefficient (Wildman–Crippen LogP) is 5.49. The topological polar surface area (TPSA) is 89.2 Å². The highest BCUT2D eigenvalue weighted by molar-refractivity contribution is 5.89. The van der Waals surface area contributed by atoms with Crippen LogP contribution < -0.4 is 10.2 Å². The molecule has 7 nitrogen and oxygen atoms in total. The standard InChI is InChI=1S/C28H27NO6/c1-3-15-33-28(32)20-9-11-21(12-10-20)35-25-18-34-27-22(26(25)31)13-14-24(30)23(27)17-29(2)16-19-7-5-4-6-8-19/h4-14,18,30H,3,15-17H2,1-2H3. The van der Waals surface area contributed by atoms with E-state index in [1.807, 2.05) is 49.2 Å². The number of carbonyl (C=O) groups excluding carboxylic acids is 1. The highest BCUT2D eigenvalue weighted by Gasteiger charge is 2.17. The number of hydrogen-bond donors (Lipinski definition) is 1. The van der Waals surface area contributed by atoms with Crippen LogP contribution in [0, 0.1) is 0 Å². The minimum absolute atomic E-state index is 0.00749. The molecular formula is C28H27NO6. The molecule has 0 spiro atoms. The second kappa shape index (κ2) is 10.9. The Labute approximate surface area is 203 Å². The lowest BCUT2D eigenvalue weighted by atomic mass is 10.1. The molecular weight excluding hydrogens is 446 g/mol. The number of hydrogen-bond acceptors (Lipinski definition) is 7. The van der Waals surface area contributed by atoms with Gasteiger partial charge >= 0.3 is 5.97 Å².